The molecule has 0 aromatic carbocycles. The first-order valence-corrected chi connectivity index (χ1v) is 8.77. The van der Waals surface area contributed by atoms with Gasteiger partial charge in [-0.3, -0.25) is 0 Å². The molecule has 2 aliphatic rings. The number of hydrogen-bond acceptors (Lipinski definition) is 3. The Hall–Kier alpha value is -0.810. The number of urea groups is 1. The molecular formula is C16H32N4O. The molecule has 5 nitrogen and oxygen atoms in total. The van der Waals surface area contributed by atoms with E-state index in [1.165, 1.54) is 25.7 Å². The summed E-state index contributed by atoms with van der Waals surface area (Å²) in [5.74, 6) is 0. The van der Waals surface area contributed by atoms with Gasteiger partial charge in [-0.25, -0.2) is 4.79 Å². The van der Waals surface area contributed by atoms with Crippen LogP contribution in [0.4, 0.5) is 4.79 Å². The van der Waals surface area contributed by atoms with Crippen molar-refractivity contribution in [2.75, 3.05) is 39.3 Å². The van der Waals surface area contributed by atoms with Gasteiger partial charge in [-0.2, -0.15) is 0 Å². The molecule has 3 N–H and O–H groups in total. The third-order valence-corrected chi connectivity index (χ3v) is 4.74. The van der Waals surface area contributed by atoms with Crippen LogP contribution < -0.4 is 11.1 Å². The Morgan fingerprint density at radius 2 is 1.81 bits per heavy atom. The van der Waals surface area contributed by atoms with Crippen LogP contribution in [-0.2, 0) is 0 Å². The number of hydrogen-bond donors (Lipinski definition) is 2. The lowest BCUT2D eigenvalue weighted by molar-refractivity contribution is 0.190. The van der Waals surface area contributed by atoms with Crippen LogP contribution in [0.2, 0.25) is 0 Å². The fourth-order valence-electron chi connectivity index (χ4n) is 3.39. The van der Waals surface area contributed by atoms with Crippen molar-refractivity contribution in [3.63, 3.8) is 0 Å². The number of unbranched alkanes of at least 4 members (excludes halogenated alkanes) is 1. The van der Waals surface area contributed by atoms with Crippen LogP contribution >= 0.6 is 0 Å². The van der Waals surface area contributed by atoms with Crippen LogP contribution in [0.3, 0.4) is 0 Å². The largest absolute Gasteiger partial charge is 0.335 e. The number of rotatable bonds is 5. The maximum Gasteiger partial charge on any atom is 0.317 e. The first-order chi connectivity index (χ1) is 10.3. The van der Waals surface area contributed by atoms with E-state index in [9.17, 15) is 4.79 Å². The van der Waals surface area contributed by atoms with Crippen molar-refractivity contribution in [1.29, 1.82) is 0 Å². The second kappa shape index (κ2) is 9.26. The van der Waals surface area contributed by atoms with E-state index < -0.39 is 0 Å². The number of carbonyl (C=O) groups excluding carboxylic acids is 1. The van der Waals surface area contributed by atoms with Crippen molar-refractivity contribution in [2.24, 2.45) is 5.73 Å². The summed E-state index contributed by atoms with van der Waals surface area (Å²) in [4.78, 5) is 16.9. The number of carbonyl (C=O) groups is 1. The van der Waals surface area contributed by atoms with Gasteiger partial charge in [0.05, 0.1) is 0 Å². The smallest absolute Gasteiger partial charge is 0.317 e. The van der Waals surface area contributed by atoms with Gasteiger partial charge in [0.25, 0.3) is 0 Å². The van der Waals surface area contributed by atoms with Crippen LogP contribution in [0.25, 0.3) is 0 Å². The monoisotopic (exact) mass is 296 g/mol. The second-order valence-electron chi connectivity index (χ2n) is 6.46. The molecule has 0 unspecified atom stereocenters. The van der Waals surface area contributed by atoms with Crippen molar-refractivity contribution in [3.8, 4) is 0 Å². The molecule has 0 radical (unpaired) electrons. The summed E-state index contributed by atoms with van der Waals surface area (Å²) in [6.45, 7) is 5.77. The average Bonchev–Trinajstić information content (AvgIpc) is 2.74. The first-order valence-electron chi connectivity index (χ1n) is 8.77. The van der Waals surface area contributed by atoms with E-state index in [4.69, 9.17) is 5.73 Å². The Labute approximate surface area is 129 Å². The molecule has 0 spiro atoms. The molecule has 0 atom stereocenters. The molecule has 2 fully saturated rings. The third kappa shape index (κ3) is 5.83. The standard InChI is InChI=1S/C16H32N4O/c17-9-4-5-10-19-11-6-12-20(14-13-19)16(21)18-15-7-2-1-3-8-15/h15H,1-14,17H2,(H,18,21). The highest BCUT2D eigenvalue weighted by atomic mass is 16.2. The van der Waals surface area contributed by atoms with Crippen LogP contribution in [0.15, 0.2) is 0 Å². The molecule has 1 aliphatic heterocycles. The Bertz CT molecular complexity index is 305. The van der Waals surface area contributed by atoms with E-state index in [0.717, 1.165) is 65.0 Å². The Kier molecular flexibility index (Phi) is 7.30. The predicted octanol–water partition coefficient (Wildman–Crippen LogP) is 1.78. The van der Waals surface area contributed by atoms with Crippen LogP contribution in [0, 0.1) is 0 Å². The third-order valence-electron chi connectivity index (χ3n) is 4.74. The first kappa shape index (κ1) is 16.6. The van der Waals surface area contributed by atoms with Crippen molar-refractivity contribution in [3.05, 3.63) is 0 Å². The molecule has 2 amide bonds. The zero-order valence-corrected chi connectivity index (χ0v) is 13.4. The topological polar surface area (TPSA) is 61.6 Å². The lowest BCUT2D eigenvalue weighted by Gasteiger charge is -2.27. The van der Waals surface area contributed by atoms with Crippen molar-refractivity contribution < 1.29 is 4.79 Å². The zero-order chi connectivity index (χ0) is 14.9. The van der Waals surface area contributed by atoms with E-state index in [-0.39, 0.29) is 6.03 Å². The summed E-state index contributed by atoms with van der Waals surface area (Å²) >= 11 is 0. The van der Waals surface area contributed by atoms with Crippen molar-refractivity contribution in [2.45, 2.75) is 57.4 Å². The molecule has 1 saturated carbocycles. The normalized spacial score (nSPS) is 22.0. The summed E-state index contributed by atoms with van der Waals surface area (Å²) in [6, 6.07) is 0.570. The number of nitrogens with two attached hydrogens (primary N) is 1. The van der Waals surface area contributed by atoms with Gasteiger partial charge in [-0.05, 0) is 51.7 Å². The maximum absolute atomic E-state index is 12.4. The molecule has 5 heteroatoms. The van der Waals surface area contributed by atoms with Crippen LogP contribution in [-0.4, -0.2) is 61.1 Å². The van der Waals surface area contributed by atoms with E-state index in [2.05, 4.69) is 10.2 Å². The van der Waals surface area contributed by atoms with Gasteiger partial charge < -0.3 is 20.9 Å². The highest BCUT2D eigenvalue weighted by Crippen LogP contribution is 2.17. The Morgan fingerprint density at radius 1 is 1.00 bits per heavy atom. The summed E-state index contributed by atoms with van der Waals surface area (Å²) in [5.41, 5.74) is 5.55. The lowest BCUT2D eigenvalue weighted by Crippen LogP contribution is -2.46. The summed E-state index contributed by atoms with van der Waals surface area (Å²) in [5, 5.41) is 3.24. The SMILES string of the molecule is NCCCCN1CCCN(C(=O)NC2CCCCC2)CC1. The average molecular weight is 296 g/mol. The molecule has 2 rings (SSSR count). The lowest BCUT2D eigenvalue weighted by atomic mass is 9.96. The summed E-state index contributed by atoms with van der Waals surface area (Å²) in [6.07, 6.45) is 9.52. The van der Waals surface area contributed by atoms with Crippen LogP contribution in [0.5, 0.6) is 0 Å². The van der Waals surface area contributed by atoms with Gasteiger partial charge >= 0.3 is 6.03 Å². The highest BCUT2D eigenvalue weighted by Gasteiger charge is 2.22. The quantitative estimate of drug-likeness (QED) is 0.760. The number of amides is 2. The predicted molar refractivity (Wildman–Crippen MR) is 86.3 cm³/mol. The fourth-order valence-corrected chi connectivity index (χ4v) is 3.39. The van der Waals surface area contributed by atoms with Crippen molar-refractivity contribution in [1.82, 2.24) is 15.1 Å². The molecule has 122 valence electrons. The second-order valence-corrected chi connectivity index (χ2v) is 6.46. The maximum atomic E-state index is 12.4. The number of nitrogens with one attached hydrogen (secondary N) is 1. The van der Waals surface area contributed by atoms with E-state index in [1.54, 1.807) is 0 Å². The summed E-state index contributed by atoms with van der Waals surface area (Å²) < 4.78 is 0. The fraction of sp³-hybridized carbons (Fsp3) is 0.938. The Morgan fingerprint density at radius 3 is 2.57 bits per heavy atom. The summed E-state index contributed by atoms with van der Waals surface area (Å²) in [7, 11) is 0. The Balaban J connectivity index is 1.69. The van der Waals surface area contributed by atoms with E-state index in [1.807, 2.05) is 4.90 Å². The van der Waals surface area contributed by atoms with Crippen molar-refractivity contribution >= 4 is 6.03 Å². The van der Waals surface area contributed by atoms with Gasteiger partial charge in [0.15, 0.2) is 0 Å². The highest BCUT2D eigenvalue weighted by molar-refractivity contribution is 5.74. The molecule has 0 aromatic rings. The molecule has 1 aliphatic carbocycles. The van der Waals surface area contributed by atoms with Crippen LogP contribution in [0.1, 0.15) is 51.4 Å². The minimum absolute atomic E-state index is 0.158. The van der Waals surface area contributed by atoms with E-state index >= 15 is 0 Å². The van der Waals surface area contributed by atoms with Gasteiger partial charge in [-0.1, -0.05) is 19.3 Å². The van der Waals surface area contributed by atoms with Gasteiger partial charge in [0.2, 0.25) is 0 Å². The van der Waals surface area contributed by atoms with Gasteiger partial charge in [-0.15, -0.1) is 0 Å². The molecule has 21 heavy (non-hydrogen) atoms. The van der Waals surface area contributed by atoms with Gasteiger partial charge in [0, 0.05) is 25.7 Å². The molecule has 1 heterocycles. The molecule has 1 saturated heterocycles. The van der Waals surface area contributed by atoms with E-state index in [0.29, 0.717) is 6.04 Å². The minimum atomic E-state index is 0.158. The molecular weight excluding hydrogens is 264 g/mol. The minimum Gasteiger partial charge on any atom is -0.335 e. The molecule has 0 aromatic heterocycles. The number of nitrogens with zero attached hydrogens (tertiary/aromatic N) is 2. The van der Waals surface area contributed by atoms with Gasteiger partial charge in [0.1, 0.15) is 0 Å². The molecule has 0 bridgehead atoms. The zero-order valence-electron chi connectivity index (χ0n) is 13.4.